The zero-order valence-corrected chi connectivity index (χ0v) is 10.1. The Morgan fingerprint density at radius 3 is 2.88 bits per heavy atom. The van der Waals surface area contributed by atoms with Crippen molar-refractivity contribution in [3.8, 4) is 0 Å². The highest BCUT2D eigenvalue weighted by molar-refractivity contribution is 5.88. The summed E-state index contributed by atoms with van der Waals surface area (Å²) in [4.78, 5) is 3.62. The van der Waals surface area contributed by atoms with Gasteiger partial charge in [0.1, 0.15) is 0 Å². The summed E-state index contributed by atoms with van der Waals surface area (Å²) in [5.41, 5.74) is 6.98. The van der Waals surface area contributed by atoms with Crippen LogP contribution < -0.4 is 5.32 Å². The van der Waals surface area contributed by atoms with Crippen molar-refractivity contribution >= 4 is 10.9 Å². The van der Waals surface area contributed by atoms with Crippen molar-refractivity contribution in [2.75, 3.05) is 0 Å². The minimum Gasteiger partial charge on any atom is -0.358 e. The third-order valence-electron chi connectivity index (χ3n) is 3.84. The van der Waals surface area contributed by atoms with Gasteiger partial charge >= 0.3 is 0 Å². The van der Waals surface area contributed by atoms with Crippen LogP contribution in [0.1, 0.15) is 29.3 Å². The van der Waals surface area contributed by atoms with E-state index < -0.39 is 0 Å². The van der Waals surface area contributed by atoms with Crippen LogP contribution in [0.25, 0.3) is 10.9 Å². The van der Waals surface area contributed by atoms with Gasteiger partial charge in [0.15, 0.2) is 0 Å². The second kappa shape index (κ2) is 3.36. The smallest absolute Gasteiger partial charge is 0.0491 e. The predicted octanol–water partition coefficient (Wildman–Crippen LogP) is 2.82. The normalized spacial score (nSPS) is 20.1. The largest absolute Gasteiger partial charge is 0.358 e. The fourth-order valence-corrected chi connectivity index (χ4v) is 2.65. The number of rotatable bonds is 0. The molecular weight excluding hydrogens is 196 g/mol. The Kier molecular flexibility index (Phi) is 2.08. The average Bonchev–Trinajstić information content (AvgIpc) is 2.62. The average molecular weight is 214 g/mol. The lowest BCUT2D eigenvalue weighted by molar-refractivity contribution is 0.511. The Balaban J connectivity index is 2.28. The highest BCUT2D eigenvalue weighted by atomic mass is 14.9. The van der Waals surface area contributed by atoms with E-state index in [4.69, 9.17) is 0 Å². The second-order valence-electron chi connectivity index (χ2n) is 5.00. The van der Waals surface area contributed by atoms with Crippen LogP contribution >= 0.6 is 0 Å². The summed E-state index contributed by atoms with van der Waals surface area (Å²) in [6, 6.07) is 5.07. The standard InChI is InChI=1S/C14H18N2/c1-8-4-5-11-12-7-15-9(2)6-13(12)16-14(11)10(8)3/h4-5,9,15-16H,6-7H2,1-3H3. The Labute approximate surface area is 96.1 Å². The molecule has 1 aliphatic rings. The molecule has 0 radical (unpaired) electrons. The first-order valence-electron chi connectivity index (χ1n) is 6.00. The molecular formula is C14H18N2. The Hall–Kier alpha value is -1.28. The van der Waals surface area contributed by atoms with Gasteiger partial charge in [0.25, 0.3) is 0 Å². The summed E-state index contributed by atoms with van der Waals surface area (Å²) in [6.45, 7) is 7.62. The predicted molar refractivity (Wildman–Crippen MR) is 67.8 cm³/mol. The first kappa shape index (κ1) is 9.91. The van der Waals surface area contributed by atoms with Crippen LogP contribution in [0.15, 0.2) is 12.1 Å². The Morgan fingerprint density at radius 2 is 2.06 bits per heavy atom. The molecule has 1 aromatic heterocycles. The number of aryl methyl sites for hydroxylation is 2. The van der Waals surface area contributed by atoms with Crippen LogP contribution in [0.4, 0.5) is 0 Å². The molecule has 3 rings (SSSR count). The van der Waals surface area contributed by atoms with Crippen molar-refractivity contribution in [1.29, 1.82) is 0 Å². The lowest BCUT2D eigenvalue weighted by Gasteiger charge is -2.20. The van der Waals surface area contributed by atoms with Crippen LogP contribution in [-0.2, 0) is 13.0 Å². The zero-order chi connectivity index (χ0) is 11.3. The quantitative estimate of drug-likeness (QED) is 0.693. The molecule has 0 bridgehead atoms. The molecule has 1 aromatic carbocycles. The molecule has 1 atom stereocenters. The van der Waals surface area contributed by atoms with Gasteiger partial charge in [0.05, 0.1) is 0 Å². The van der Waals surface area contributed by atoms with Crippen molar-refractivity contribution in [1.82, 2.24) is 10.3 Å². The number of nitrogens with one attached hydrogen (secondary N) is 2. The van der Waals surface area contributed by atoms with Crippen molar-refractivity contribution in [3.05, 3.63) is 34.5 Å². The first-order valence-corrected chi connectivity index (χ1v) is 6.00. The maximum atomic E-state index is 3.62. The summed E-state index contributed by atoms with van der Waals surface area (Å²) >= 11 is 0. The molecule has 2 aromatic rings. The minimum absolute atomic E-state index is 0.585. The summed E-state index contributed by atoms with van der Waals surface area (Å²) in [5, 5.41) is 4.93. The molecule has 2 N–H and O–H groups in total. The van der Waals surface area contributed by atoms with Crippen molar-refractivity contribution in [2.45, 2.75) is 39.8 Å². The van der Waals surface area contributed by atoms with E-state index >= 15 is 0 Å². The molecule has 2 heteroatoms. The van der Waals surface area contributed by atoms with Crippen LogP contribution in [0.2, 0.25) is 0 Å². The number of hydrogen-bond donors (Lipinski definition) is 2. The first-order chi connectivity index (χ1) is 7.66. The summed E-state index contributed by atoms with van der Waals surface area (Å²) in [5.74, 6) is 0. The number of fused-ring (bicyclic) bond motifs is 3. The molecule has 2 nitrogen and oxygen atoms in total. The maximum Gasteiger partial charge on any atom is 0.0491 e. The van der Waals surface area contributed by atoms with Gasteiger partial charge in [-0.2, -0.15) is 0 Å². The van der Waals surface area contributed by atoms with Gasteiger partial charge in [-0.25, -0.2) is 0 Å². The van der Waals surface area contributed by atoms with E-state index in [0.29, 0.717) is 6.04 Å². The van der Waals surface area contributed by atoms with Crippen molar-refractivity contribution in [3.63, 3.8) is 0 Å². The van der Waals surface area contributed by atoms with E-state index in [0.717, 1.165) is 13.0 Å². The molecule has 0 saturated heterocycles. The molecule has 1 aliphatic heterocycles. The monoisotopic (exact) mass is 214 g/mol. The van der Waals surface area contributed by atoms with Gasteiger partial charge in [-0.1, -0.05) is 12.1 Å². The van der Waals surface area contributed by atoms with Gasteiger partial charge in [-0.3, -0.25) is 0 Å². The van der Waals surface area contributed by atoms with Gasteiger partial charge in [0, 0.05) is 35.6 Å². The zero-order valence-electron chi connectivity index (χ0n) is 10.1. The fraction of sp³-hybridized carbons (Fsp3) is 0.429. The van der Waals surface area contributed by atoms with E-state index in [9.17, 15) is 0 Å². The van der Waals surface area contributed by atoms with E-state index in [1.54, 1.807) is 0 Å². The van der Waals surface area contributed by atoms with Crippen LogP contribution in [0, 0.1) is 13.8 Å². The van der Waals surface area contributed by atoms with E-state index in [1.165, 1.54) is 33.3 Å². The van der Waals surface area contributed by atoms with Crippen molar-refractivity contribution in [2.24, 2.45) is 0 Å². The number of H-pyrrole nitrogens is 1. The molecule has 0 amide bonds. The molecule has 0 aliphatic carbocycles. The highest BCUT2D eigenvalue weighted by Gasteiger charge is 2.19. The molecule has 16 heavy (non-hydrogen) atoms. The van der Waals surface area contributed by atoms with Gasteiger partial charge in [-0.05, 0) is 37.5 Å². The Bertz CT molecular complexity index is 551. The number of aromatic nitrogens is 1. The summed E-state index contributed by atoms with van der Waals surface area (Å²) in [6.07, 6.45) is 1.11. The number of benzene rings is 1. The molecule has 84 valence electrons. The lowest BCUT2D eigenvalue weighted by Crippen LogP contribution is -2.32. The van der Waals surface area contributed by atoms with E-state index in [2.05, 4.69) is 43.2 Å². The number of hydrogen-bond acceptors (Lipinski definition) is 1. The number of aromatic amines is 1. The topological polar surface area (TPSA) is 27.8 Å². The van der Waals surface area contributed by atoms with Gasteiger partial charge in [-0.15, -0.1) is 0 Å². The minimum atomic E-state index is 0.585. The highest BCUT2D eigenvalue weighted by Crippen LogP contribution is 2.29. The molecule has 2 heterocycles. The molecule has 0 fully saturated rings. The Morgan fingerprint density at radius 1 is 1.25 bits per heavy atom. The SMILES string of the molecule is Cc1ccc2c3c([nH]c2c1C)CC(C)NC3. The fourth-order valence-electron chi connectivity index (χ4n) is 2.65. The second-order valence-corrected chi connectivity index (χ2v) is 5.00. The molecule has 1 unspecified atom stereocenters. The molecule has 0 saturated carbocycles. The lowest BCUT2D eigenvalue weighted by atomic mass is 10.00. The van der Waals surface area contributed by atoms with Crippen molar-refractivity contribution < 1.29 is 0 Å². The third-order valence-corrected chi connectivity index (χ3v) is 3.84. The van der Waals surface area contributed by atoms with E-state index in [1.807, 2.05) is 0 Å². The van der Waals surface area contributed by atoms with Gasteiger partial charge < -0.3 is 10.3 Å². The summed E-state index contributed by atoms with van der Waals surface area (Å²) < 4.78 is 0. The summed E-state index contributed by atoms with van der Waals surface area (Å²) in [7, 11) is 0. The van der Waals surface area contributed by atoms with E-state index in [-0.39, 0.29) is 0 Å². The third kappa shape index (κ3) is 1.30. The van der Waals surface area contributed by atoms with Crippen LogP contribution in [0.5, 0.6) is 0 Å². The van der Waals surface area contributed by atoms with Gasteiger partial charge in [0.2, 0.25) is 0 Å². The van der Waals surface area contributed by atoms with Crippen LogP contribution in [0.3, 0.4) is 0 Å². The molecule has 0 spiro atoms. The maximum absolute atomic E-state index is 3.62. The van der Waals surface area contributed by atoms with Crippen LogP contribution in [-0.4, -0.2) is 11.0 Å².